The van der Waals surface area contributed by atoms with Crippen LogP contribution in [-0.2, 0) is 17.8 Å². The molecule has 1 unspecified atom stereocenters. The van der Waals surface area contributed by atoms with Crippen molar-refractivity contribution in [2.45, 2.75) is 19.2 Å². The number of aliphatic hydroxyl groups is 1. The molecular weight excluding hydrogens is 364 g/mol. The molecule has 29 heavy (non-hydrogen) atoms. The summed E-state index contributed by atoms with van der Waals surface area (Å²) in [6.07, 6.45) is 1.56. The van der Waals surface area contributed by atoms with E-state index in [0.717, 1.165) is 30.9 Å². The summed E-state index contributed by atoms with van der Waals surface area (Å²) in [5, 5.41) is 10.7. The lowest BCUT2D eigenvalue weighted by Crippen LogP contribution is -2.32. The Labute approximate surface area is 173 Å². The Hall–Kier alpha value is -2.60. The van der Waals surface area contributed by atoms with Gasteiger partial charge in [-0.1, -0.05) is 42.5 Å². The fourth-order valence-corrected chi connectivity index (χ4v) is 3.42. The van der Waals surface area contributed by atoms with E-state index in [1.807, 2.05) is 42.5 Å². The summed E-state index contributed by atoms with van der Waals surface area (Å²) in [5.41, 5.74) is 3.32. The minimum atomic E-state index is -0.533. The van der Waals surface area contributed by atoms with E-state index in [1.54, 1.807) is 14.2 Å². The van der Waals surface area contributed by atoms with Crippen LogP contribution in [0.2, 0.25) is 0 Å². The molecule has 1 aromatic heterocycles. The van der Waals surface area contributed by atoms with Crippen LogP contribution in [0.3, 0.4) is 0 Å². The first-order valence-corrected chi connectivity index (χ1v) is 9.91. The Bertz CT molecular complexity index is 863. The monoisotopic (exact) mass is 394 g/mol. The third-order valence-corrected chi connectivity index (χ3v) is 5.02. The smallest absolute Gasteiger partial charge is 0.119 e. The summed E-state index contributed by atoms with van der Waals surface area (Å²) in [6.45, 7) is 3.45. The number of benzene rings is 2. The van der Waals surface area contributed by atoms with Gasteiger partial charge in [-0.25, -0.2) is 0 Å². The van der Waals surface area contributed by atoms with Crippen molar-refractivity contribution in [1.82, 2.24) is 9.47 Å². The van der Waals surface area contributed by atoms with Crippen LogP contribution in [0.1, 0.15) is 22.9 Å². The number of ether oxygens (including phenoxy) is 2. The van der Waals surface area contributed by atoms with Crippen molar-refractivity contribution < 1.29 is 14.6 Å². The van der Waals surface area contributed by atoms with Gasteiger partial charge in [-0.3, -0.25) is 4.90 Å². The van der Waals surface area contributed by atoms with Gasteiger partial charge in [0.05, 0.1) is 19.8 Å². The molecule has 5 nitrogen and oxygen atoms in total. The number of hydrogen-bond donors (Lipinski definition) is 1. The van der Waals surface area contributed by atoms with Gasteiger partial charge in [-0.05, 0) is 35.4 Å². The molecule has 0 radical (unpaired) electrons. The minimum absolute atomic E-state index is 0.533. The summed E-state index contributed by atoms with van der Waals surface area (Å²) in [4.78, 5) is 2.23. The first-order valence-electron chi connectivity index (χ1n) is 9.91. The normalized spacial score (nSPS) is 12.3. The van der Waals surface area contributed by atoms with E-state index in [-0.39, 0.29) is 0 Å². The maximum Gasteiger partial charge on any atom is 0.119 e. The molecule has 5 heteroatoms. The van der Waals surface area contributed by atoms with Crippen molar-refractivity contribution in [2.75, 3.05) is 33.9 Å². The average molecular weight is 395 g/mol. The molecule has 0 amide bonds. The number of nitrogens with zero attached hydrogens (tertiary/aromatic N) is 2. The molecule has 0 aliphatic carbocycles. The van der Waals surface area contributed by atoms with Crippen LogP contribution in [0.15, 0.2) is 72.9 Å². The highest BCUT2D eigenvalue weighted by molar-refractivity contribution is 5.29. The maximum atomic E-state index is 10.7. The van der Waals surface area contributed by atoms with E-state index >= 15 is 0 Å². The van der Waals surface area contributed by atoms with Crippen LogP contribution < -0.4 is 4.74 Å². The highest BCUT2D eigenvalue weighted by Gasteiger charge is 2.15. The second-order valence-electron chi connectivity index (χ2n) is 7.13. The number of methoxy groups -OCH3 is 2. The van der Waals surface area contributed by atoms with E-state index in [9.17, 15) is 5.11 Å². The Balaban J connectivity index is 1.70. The summed E-state index contributed by atoms with van der Waals surface area (Å²) in [7, 11) is 3.39. The third-order valence-electron chi connectivity index (χ3n) is 5.02. The van der Waals surface area contributed by atoms with Gasteiger partial charge in [0.15, 0.2) is 0 Å². The summed E-state index contributed by atoms with van der Waals surface area (Å²) >= 11 is 0. The lowest BCUT2D eigenvalue weighted by molar-refractivity contribution is 0.0837. The largest absolute Gasteiger partial charge is 0.497 e. The summed E-state index contributed by atoms with van der Waals surface area (Å²) < 4.78 is 12.9. The molecule has 1 atom stereocenters. The Morgan fingerprint density at radius 2 is 1.83 bits per heavy atom. The SMILES string of the molecule is COCCN(Cc1cccn1Cc1cccc(OC)c1)CC(O)c1ccccc1. The van der Waals surface area contributed by atoms with Crippen molar-refractivity contribution in [3.05, 3.63) is 89.7 Å². The standard InChI is InChI=1S/C24H30N2O3/c1-28-15-14-25(19-24(27)21-9-4-3-5-10-21)18-22-11-7-13-26(22)17-20-8-6-12-23(16-20)29-2/h3-13,16,24,27H,14-15,17-19H2,1-2H3. The van der Waals surface area contributed by atoms with E-state index in [4.69, 9.17) is 9.47 Å². The van der Waals surface area contributed by atoms with Gasteiger partial charge >= 0.3 is 0 Å². The molecular formula is C24H30N2O3. The van der Waals surface area contributed by atoms with Crippen LogP contribution in [0.4, 0.5) is 0 Å². The number of rotatable bonds is 11. The molecule has 0 saturated heterocycles. The molecule has 1 heterocycles. The first kappa shape index (κ1) is 21.1. The van der Waals surface area contributed by atoms with Crippen molar-refractivity contribution in [2.24, 2.45) is 0 Å². The quantitative estimate of drug-likeness (QED) is 0.538. The average Bonchev–Trinajstić information content (AvgIpc) is 3.19. The predicted molar refractivity (Wildman–Crippen MR) is 115 cm³/mol. The minimum Gasteiger partial charge on any atom is -0.497 e. The van der Waals surface area contributed by atoms with Crippen LogP contribution >= 0.6 is 0 Å². The van der Waals surface area contributed by atoms with Gasteiger partial charge in [-0.15, -0.1) is 0 Å². The van der Waals surface area contributed by atoms with Crippen molar-refractivity contribution in [1.29, 1.82) is 0 Å². The molecule has 3 aromatic rings. The lowest BCUT2D eigenvalue weighted by atomic mass is 10.1. The predicted octanol–water partition coefficient (Wildman–Crippen LogP) is 3.73. The van der Waals surface area contributed by atoms with Crippen LogP contribution in [0.5, 0.6) is 5.75 Å². The second-order valence-corrected chi connectivity index (χ2v) is 7.13. The topological polar surface area (TPSA) is 46.9 Å². The Morgan fingerprint density at radius 3 is 2.59 bits per heavy atom. The zero-order chi connectivity index (χ0) is 20.5. The highest BCUT2D eigenvalue weighted by atomic mass is 16.5. The van der Waals surface area contributed by atoms with Gasteiger partial charge in [0.2, 0.25) is 0 Å². The van der Waals surface area contributed by atoms with Gasteiger partial charge in [0.1, 0.15) is 5.75 Å². The van der Waals surface area contributed by atoms with E-state index in [0.29, 0.717) is 13.2 Å². The molecule has 2 aromatic carbocycles. The molecule has 0 aliphatic rings. The van der Waals surface area contributed by atoms with E-state index in [2.05, 4.69) is 39.9 Å². The third kappa shape index (κ3) is 6.19. The van der Waals surface area contributed by atoms with Gasteiger partial charge in [0, 0.05) is 45.2 Å². The highest BCUT2D eigenvalue weighted by Crippen LogP contribution is 2.18. The number of aromatic nitrogens is 1. The van der Waals surface area contributed by atoms with Crippen LogP contribution in [0.25, 0.3) is 0 Å². The van der Waals surface area contributed by atoms with Crippen molar-refractivity contribution >= 4 is 0 Å². The lowest BCUT2D eigenvalue weighted by Gasteiger charge is -2.25. The molecule has 1 N–H and O–H groups in total. The van der Waals surface area contributed by atoms with Crippen molar-refractivity contribution in [3.63, 3.8) is 0 Å². The maximum absolute atomic E-state index is 10.7. The van der Waals surface area contributed by atoms with Gasteiger partial charge in [-0.2, -0.15) is 0 Å². The molecule has 0 bridgehead atoms. The number of aliphatic hydroxyl groups excluding tert-OH is 1. The molecule has 154 valence electrons. The molecule has 3 rings (SSSR count). The second kappa shape index (κ2) is 10.8. The van der Waals surface area contributed by atoms with Crippen LogP contribution in [0, 0.1) is 0 Å². The Morgan fingerprint density at radius 1 is 1.00 bits per heavy atom. The number of hydrogen-bond acceptors (Lipinski definition) is 4. The van der Waals surface area contributed by atoms with Crippen molar-refractivity contribution in [3.8, 4) is 5.75 Å². The zero-order valence-corrected chi connectivity index (χ0v) is 17.2. The first-order chi connectivity index (χ1) is 14.2. The van der Waals surface area contributed by atoms with Crippen LogP contribution in [-0.4, -0.2) is 48.5 Å². The van der Waals surface area contributed by atoms with E-state index < -0.39 is 6.10 Å². The summed E-state index contributed by atoms with van der Waals surface area (Å²) in [6, 6.07) is 22.1. The Kier molecular flexibility index (Phi) is 7.87. The fourth-order valence-electron chi connectivity index (χ4n) is 3.42. The summed E-state index contributed by atoms with van der Waals surface area (Å²) in [5.74, 6) is 0.865. The zero-order valence-electron chi connectivity index (χ0n) is 17.2. The van der Waals surface area contributed by atoms with Gasteiger partial charge in [0.25, 0.3) is 0 Å². The molecule has 0 aliphatic heterocycles. The van der Waals surface area contributed by atoms with E-state index in [1.165, 1.54) is 11.3 Å². The van der Waals surface area contributed by atoms with Gasteiger partial charge < -0.3 is 19.1 Å². The fraction of sp³-hybridized carbons (Fsp3) is 0.333. The molecule has 0 fully saturated rings. The molecule has 0 saturated carbocycles. The molecule has 0 spiro atoms.